The number of halogens is 2. The third-order valence-electron chi connectivity index (χ3n) is 3.58. The monoisotopic (exact) mass is 344 g/mol. The van der Waals surface area contributed by atoms with Gasteiger partial charge >= 0.3 is 0 Å². The van der Waals surface area contributed by atoms with Crippen LogP contribution in [0.25, 0.3) is 0 Å². The Morgan fingerprint density at radius 2 is 2.23 bits per heavy atom. The Morgan fingerprint density at radius 3 is 2.91 bits per heavy atom. The molecule has 2 N–H and O–H groups in total. The van der Waals surface area contributed by atoms with E-state index in [4.69, 9.17) is 23.2 Å². The van der Waals surface area contributed by atoms with Crippen LogP contribution in [-0.4, -0.2) is 36.1 Å². The summed E-state index contributed by atoms with van der Waals surface area (Å²) in [5.41, 5.74) is 0.526. The lowest BCUT2D eigenvalue weighted by Crippen LogP contribution is -2.37. The van der Waals surface area contributed by atoms with E-state index in [1.54, 1.807) is 25.1 Å². The molecule has 1 heterocycles. The average molecular weight is 345 g/mol. The third kappa shape index (κ3) is 3.91. The first-order chi connectivity index (χ1) is 10.4. The fourth-order valence-electron chi connectivity index (χ4n) is 2.38. The third-order valence-corrected chi connectivity index (χ3v) is 4.14. The van der Waals surface area contributed by atoms with Crippen molar-refractivity contribution in [1.29, 1.82) is 0 Å². The van der Waals surface area contributed by atoms with Crippen molar-refractivity contribution in [3.63, 3.8) is 0 Å². The van der Waals surface area contributed by atoms with Gasteiger partial charge in [-0.25, -0.2) is 0 Å². The number of hydrogen-bond donors (Lipinski definition) is 2. The molecule has 7 heteroatoms. The molecule has 1 aliphatic heterocycles. The molecule has 2 atom stereocenters. The molecule has 1 aromatic carbocycles. The Bertz CT molecular complexity index is 578. The number of aliphatic hydroxyl groups excluding tert-OH is 1. The number of anilines is 1. The number of aliphatic hydroxyl groups is 1. The summed E-state index contributed by atoms with van der Waals surface area (Å²) in [6, 6.07) is 4.90. The van der Waals surface area contributed by atoms with Gasteiger partial charge in [-0.3, -0.25) is 9.59 Å². The van der Waals surface area contributed by atoms with Crippen LogP contribution in [0.2, 0.25) is 10.0 Å². The SMILES string of the molecule is CC(O)CCNC(=O)C1CCN(c2cc(Cl)ccc2Cl)C1=O. The standard InChI is InChI=1S/C15H18Cl2N2O3/c1-9(20)4-6-18-14(21)11-5-7-19(15(11)22)13-8-10(16)2-3-12(13)17/h2-3,8-9,11,20H,4-7H2,1H3,(H,18,21). The maximum absolute atomic E-state index is 12.4. The number of carbonyl (C=O) groups excluding carboxylic acids is 2. The first kappa shape index (κ1) is 17.1. The van der Waals surface area contributed by atoms with Gasteiger partial charge in [-0.2, -0.15) is 0 Å². The van der Waals surface area contributed by atoms with Crippen LogP contribution in [0.5, 0.6) is 0 Å². The molecule has 0 saturated carbocycles. The van der Waals surface area contributed by atoms with E-state index < -0.39 is 12.0 Å². The summed E-state index contributed by atoms with van der Waals surface area (Å²) >= 11 is 12.0. The molecule has 1 aromatic rings. The van der Waals surface area contributed by atoms with Crippen molar-refractivity contribution in [1.82, 2.24) is 5.32 Å². The van der Waals surface area contributed by atoms with Gasteiger partial charge in [-0.15, -0.1) is 0 Å². The van der Waals surface area contributed by atoms with E-state index >= 15 is 0 Å². The first-order valence-corrected chi connectivity index (χ1v) is 7.88. The van der Waals surface area contributed by atoms with Gasteiger partial charge in [0.1, 0.15) is 5.92 Å². The predicted molar refractivity (Wildman–Crippen MR) is 86.2 cm³/mol. The lowest BCUT2D eigenvalue weighted by Gasteiger charge is -2.18. The number of nitrogens with one attached hydrogen (secondary N) is 1. The van der Waals surface area contributed by atoms with Crippen LogP contribution in [0.15, 0.2) is 18.2 Å². The highest BCUT2D eigenvalue weighted by Gasteiger charge is 2.38. The maximum Gasteiger partial charge on any atom is 0.239 e. The van der Waals surface area contributed by atoms with Gasteiger partial charge in [0, 0.05) is 18.1 Å². The minimum absolute atomic E-state index is 0.279. The van der Waals surface area contributed by atoms with Crippen molar-refractivity contribution < 1.29 is 14.7 Å². The van der Waals surface area contributed by atoms with E-state index in [1.165, 1.54) is 4.90 Å². The fraction of sp³-hybridized carbons (Fsp3) is 0.467. The molecule has 0 aromatic heterocycles. The zero-order valence-corrected chi connectivity index (χ0v) is 13.7. The molecule has 1 saturated heterocycles. The largest absolute Gasteiger partial charge is 0.393 e. The second-order valence-corrected chi connectivity index (χ2v) is 6.20. The molecule has 0 spiro atoms. The van der Waals surface area contributed by atoms with Crippen molar-refractivity contribution in [2.75, 3.05) is 18.0 Å². The highest BCUT2D eigenvalue weighted by atomic mass is 35.5. The van der Waals surface area contributed by atoms with Crippen LogP contribution in [0.3, 0.4) is 0 Å². The summed E-state index contributed by atoms with van der Waals surface area (Å²) in [6.07, 6.45) is 0.403. The van der Waals surface area contributed by atoms with E-state index in [-0.39, 0.29) is 11.8 Å². The lowest BCUT2D eigenvalue weighted by molar-refractivity contribution is -0.132. The molecule has 1 fully saturated rings. The number of rotatable bonds is 5. The summed E-state index contributed by atoms with van der Waals surface area (Å²) in [5.74, 6) is -1.31. The normalized spacial score (nSPS) is 19.4. The average Bonchev–Trinajstić information content (AvgIpc) is 2.83. The Balaban J connectivity index is 2.03. The molecule has 0 aliphatic carbocycles. The molecule has 120 valence electrons. The van der Waals surface area contributed by atoms with E-state index in [2.05, 4.69) is 5.32 Å². The van der Waals surface area contributed by atoms with Crippen molar-refractivity contribution in [2.45, 2.75) is 25.9 Å². The Labute approximate surface area is 139 Å². The quantitative estimate of drug-likeness (QED) is 0.804. The molecule has 1 aliphatic rings. The molecule has 0 radical (unpaired) electrons. The highest BCUT2D eigenvalue weighted by molar-refractivity contribution is 6.36. The molecule has 5 nitrogen and oxygen atoms in total. The minimum atomic E-state index is -0.718. The van der Waals surface area contributed by atoms with Gasteiger partial charge in [0.15, 0.2) is 0 Å². The second-order valence-electron chi connectivity index (χ2n) is 5.36. The molecule has 2 unspecified atom stereocenters. The van der Waals surface area contributed by atoms with Gasteiger partial charge in [0.2, 0.25) is 11.8 Å². The first-order valence-electron chi connectivity index (χ1n) is 7.12. The fourth-order valence-corrected chi connectivity index (χ4v) is 2.77. The summed E-state index contributed by atoms with van der Waals surface area (Å²) in [7, 11) is 0. The minimum Gasteiger partial charge on any atom is -0.393 e. The van der Waals surface area contributed by atoms with Crippen molar-refractivity contribution >= 4 is 40.7 Å². The number of carbonyl (C=O) groups is 2. The van der Waals surface area contributed by atoms with Gasteiger partial charge in [-0.05, 0) is 38.0 Å². The number of benzene rings is 1. The van der Waals surface area contributed by atoms with Crippen LogP contribution in [0.4, 0.5) is 5.69 Å². The van der Waals surface area contributed by atoms with Crippen LogP contribution in [0, 0.1) is 5.92 Å². The van der Waals surface area contributed by atoms with Gasteiger partial charge < -0.3 is 15.3 Å². The zero-order chi connectivity index (χ0) is 16.3. The summed E-state index contributed by atoms with van der Waals surface area (Å²) in [4.78, 5) is 26.0. The Hall–Kier alpha value is -1.30. The molecular weight excluding hydrogens is 327 g/mol. The Kier molecular flexibility index (Phi) is 5.67. The molecule has 2 rings (SSSR count). The van der Waals surface area contributed by atoms with E-state index in [0.29, 0.717) is 41.7 Å². The van der Waals surface area contributed by atoms with Crippen LogP contribution < -0.4 is 10.2 Å². The van der Waals surface area contributed by atoms with Crippen LogP contribution in [0.1, 0.15) is 19.8 Å². The predicted octanol–water partition coefficient (Wildman–Crippen LogP) is 2.23. The topological polar surface area (TPSA) is 69.6 Å². The number of hydrogen-bond acceptors (Lipinski definition) is 3. The van der Waals surface area contributed by atoms with Crippen molar-refractivity contribution in [2.24, 2.45) is 5.92 Å². The molecule has 0 bridgehead atoms. The zero-order valence-electron chi connectivity index (χ0n) is 12.2. The molecule has 22 heavy (non-hydrogen) atoms. The van der Waals surface area contributed by atoms with E-state index in [1.807, 2.05) is 0 Å². The summed E-state index contributed by atoms with van der Waals surface area (Å²) < 4.78 is 0. The van der Waals surface area contributed by atoms with Gasteiger partial charge in [0.25, 0.3) is 0 Å². The van der Waals surface area contributed by atoms with Gasteiger partial charge in [0.05, 0.1) is 16.8 Å². The number of amides is 2. The maximum atomic E-state index is 12.4. The Morgan fingerprint density at radius 1 is 1.50 bits per heavy atom. The van der Waals surface area contributed by atoms with Crippen molar-refractivity contribution in [3.05, 3.63) is 28.2 Å². The highest BCUT2D eigenvalue weighted by Crippen LogP contribution is 2.33. The van der Waals surface area contributed by atoms with Crippen LogP contribution >= 0.6 is 23.2 Å². The smallest absolute Gasteiger partial charge is 0.239 e. The lowest BCUT2D eigenvalue weighted by atomic mass is 10.1. The van der Waals surface area contributed by atoms with E-state index in [0.717, 1.165) is 0 Å². The van der Waals surface area contributed by atoms with Crippen LogP contribution in [-0.2, 0) is 9.59 Å². The molecule has 2 amide bonds. The van der Waals surface area contributed by atoms with Crippen molar-refractivity contribution in [3.8, 4) is 0 Å². The second kappa shape index (κ2) is 7.31. The van der Waals surface area contributed by atoms with Gasteiger partial charge in [-0.1, -0.05) is 23.2 Å². The van der Waals surface area contributed by atoms with E-state index in [9.17, 15) is 14.7 Å². The number of nitrogens with zero attached hydrogens (tertiary/aromatic N) is 1. The molecular formula is C15H18Cl2N2O3. The summed E-state index contributed by atoms with van der Waals surface area (Å²) in [6.45, 7) is 2.42. The summed E-state index contributed by atoms with van der Waals surface area (Å²) in [5, 5.41) is 12.8.